The maximum Gasteiger partial charge on any atom is 0.257 e. The van der Waals surface area contributed by atoms with Crippen molar-refractivity contribution >= 4 is 16.8 Å². The van der Waals surface area contributed by atoms with Crippen molar-refractivity contribution < 1.29 is 17.4 Å². The minimum Gasteiger partial charge on any atom is -0.299 e. The van der Waals surface area contributed by atoms with Crippen molar-refractivity contribution in [2.45, 2.75) is 31.8 Å². The van der Waals surface area contributed by atoms with E-state index in [-0.39, 0.29) is 23.7 Å². The topological polar surface area (TPSA) is 60.4 Å². The van der Waals surface area contributed by atoms with Gasteiger partial charge in [-0.25, -0.2) is 8.42 Å². The molecular weight excluding hydrogens is 216 g/mol. The number of Topliss-reactive ketones (excluding diaryl/α,β-unsaturated/α-hetero) is 1. The van der Waals surface area contributed by atoms with Crippen molar-refractivity contribution in [3.8, 4) is 0 Å². The zero-order valence-corrected chi connectivity index (χ0v) is 9.19. The van der Waals surface area contributed by atoms with Crippen LogP contribution in [-0.2, 0) is 20.0 Å². The molecule has 0 N–H and O–H groups in total. The minimum absolute atomic E-state index is 0.130. The van der Waals surface area contributed by atoms with Gasteiger partial charge in [0, 0.05) is 11.8 Å². The van der Waals surface area contributed by atoms with E-state index in [4.69, 9.17) is 4.18 Å². The zero-order chi connectivity index (χ0) is 10.6. The van der Waals surface area contributed by atoms with Crippen molar-refractivity contribution in [1.82, 2.24) is 0 Å². The summed E-state index contributed by atoms with van der Waals surface area (Å²) < 4.78 is 26.1. The van der Waals surface area contributed by atoms with Gasteiger partial charge in [0.05, 0.1) is 6.10 Å². The van der Waals surface area contributed by atoms with E-state index in [0.717, 1.165) is 25.7 Å². The summed E-state index contributed by atoms with van der Waals surface area (Å²) in [4.78, 5) is 11.9. The molecule has 0 heterocycles. The first-order chi connectivity index (χ1) is 7.15. The summed E-state index contributed by atoms with van der Waals surface area (Å²) in [7, 11) is -2.82. The molecule has 84 valence electrons. The van der Waals surface area contributed by atoms with Crippen LogP contribution in [-0.4, -0.2) is 20.3 Å². The molecule has 4 nitrogen and oxygen atoms in total. The molecule has 0 aromatic rings. The van der Waals surface area contributed by atoms with Gasteiger partial charge in [-0.15, -0.1) is 0 Å². The van der Waals surface area contributed by atoms with Crippen LogP contribution in [0.2, 0.25) is 0 Å². The molecule has 4 rings (SSSR count). The van der Waals surface area contributed by atoms with Crippen molar-refractivity contribution in [3.05, 3.63) is 0 Å². The average Bonchev–Trinajstić information content (AvgIpc) is 2.18. The second kappa shape index (κ2) is 3.28. The first kappa shape index (κ1) is 9.78. The lowest BCUT2D eigenvalue weighted by atomic mass is 9.54. The summed E-state index contributed by atoms with van der Waals surface area (Å²) in [6, 6.07) is 0. The number of ketones is 1. The van der Waals surface area contributed by atoms with Crippen LogP contribution in [0.5, 0.6) is 0 Å². The Morgan fingerprint density at radius 1 is 1.13 bits per heavy atom. The monoisotopic (exact) mass is 230 g/mol. The van der Waals surface area contributed by atoms with Crippen molar-refractivity contribution in [3.63, 3.8) is 0 Å². The van der Waals surface area contributed by atoms with Gasteiger partial charge in [-0.1, -0.05) is 0 Å². The number of thiol groups is 1. The second-order valence-corrected chi connectivity index (χ2v) is 5.73. The maximum absolute atomic E-state index is 11.9. The first-order valence-corrected chi connectivity index (χ1v) is 6.59. The molecule has 5 heteroatoms. The number of carbonyl (C=O) groups excluding carboxylic acids is 1. The van der Waals surface area contributed by atoms with E-state index in [1.165, 1.54) is 0 Å². The van der Waals surface area contributed by atoms with Crippen LogP contribution >= 0.6 is 0 Å². The second-order valence-electron chi connectivity index (χ2n) is 5.07. The lowest BCUT2D eigenvalue weighted by Gasteiger charge is -2.51. The Balaban J connectivity index is 1.88. The van der Waals surface area contributed by atoms with Crippen molar-refractivity contribution in [2.24, 2.45) is 23.7 Å². The van der Waals surface area contributed by atoms with Gasteiger partial charge in [0.1, 0.15) is 5.78 Å². The Bertz CT molecular complexity index is 368. The van der Waals surface area contributed by atoms with E-state index in [1.807, 2.05) is 0 Å². The molecule has 0 aliphatic heterocycles. The van der Waals surface area contributed by atoms with Gasteiger partial charge >= 0.3 is 0 Å². The van der Waals surface area contributed by atoms with E-state index < -0.39 is 11.0 Å². The van der Waals surface area contributed by atoms with Crippen LogP contribution in [0.15, 0.2) is 0 Å². The normalized spacial score (nSPS) is 47.8. The lowest BCUT2D eigenvalue weighted by molar-refractivity contribution is -0.151. The Kier molecular flexibility index (Phi) is 2.14. The molecule has 4 aliphatic rings. The molecule has 0 saturated heterocycles. The molecule has 5 atom stereocenters. The van der Waals surface area contributed by atoms with E-state index in [2.05, 4.69) is 0 Å². The fourth-order valence-electron chi connectivity index (χ4n) is 3.84. The summed E-state index contributed by atoms with van der Waals surface area (Å²) in [5, 5.41) is 0. The van der Waals surface area contributed by atoms with Crippen LogP contribution in [0.4, 0.5) is 0 Å². The Morgan fingerprint density at radius 3 is 2.67 bits per heavy atom. The van der Waals surface area contributed by atoms with Crippen LogP contribution in [0, 0.1) is 23.7 Å². The Labute approximate surface area is 90.1 Å². The number of hydrogen-bond acceptors (Lipinski definition) is 4. The molecule has 0 aromatic carbocycles. The van der Waals surface area contributed by atoms with Crippen LogP contribution in [0.25, 0.3) is 0 Å². The zero-order valence-electron chi connectivity index (χ0n) is 8.30. The van der Waals surface area contributed by atoms with Gasteiger partial charge in [0.15, 0.2) is 0 Å². The molecule has 4 bridgehead atoms. The van der Waals surface area contributed by atoms with Gasteiger partial charge < -0.3 is 0 Å². The quantitative estimate of drug-likeness (QED) is 0.703. The van der Waals surface area contributed by atoms with Crippen molar-refractivity contribution in [2.75, 3.05) is 0 Å². The summed E-state index contributed by atoms with van der Waals surface area (Å²) in [6.45, 7) is 0. The number of rotatable bonds is 2. The lowest BCUT2D eigenvalue weighted by Crippen LogP contribution is -2.54. The molecule has 4 fully saturated rings. The highest BCUT2D eigenvalue weighted by atomic mass is 32.2. The highest BCUT2D eigenvalue weighted by Gasteiger charge is 2.54. The predicted octanol–water partition coefficient (Wildman–Crippen LogP) is 0.533. The van der Waals surface area contributed by atoms with Gasteiger partial charge in [0.2, 0.25) is 0 Å². The fraction of sp³-hybridized carbons (Fsp3) is 0.900. The van der Waals surface area contributed by atoms with Crippen LogP contribution in [0.1, 0.15) is 25.7 Å². The maximum atomic E-state index is 11.9. The van der Waals surface area contributed by atoms with Crippen molar-refractivity contribution in [1.29, 1.82) is 0 Å². The van der Waals surface area contributed by atoms with E-state index >= 15 is 0 Å². The smallest absolute Gasteiger partial charge is 0.257 e. The molecule has 0 amide bonds. The van der Waals surface area contributed by atoms with Crippen LogP contribution in [0.3, 0.4) is 0 Å². The molecular formula is C10H14O4S. The van der Waals surface area contributed by atoms with E-state index in [1.54, 1.807) is 0 Å². The highest BCUT2D eigenvalue weighted by molar-refractivity contribution is 7.67. The molecule has 15 heavy (non-hydrogen) atoms. The minimum atomic E-state index is -2.82. The predicted molar refractivity (Wildman–Crippen MR) is 52.6 cm³/mol. The SMILES string of the molecule is O=C1C2CC3CC(C2)C(O[SH](=O)=O)C1C3. The molecule has 4 aliphatic carbocycles. The Hall–Kier alpha value is -0.420. The highest BCUT2D eigenvalue weighted by Crippen LogP contribution is 2.52. The standard InChI is InChI=1S/C10H14O4S/c11-9-6-1-5-2-7(4-6)10(8(9)3-5)14-15(12)13/h5-8,10,15H,1-4H2. The Morgan fingerprint density at radius 2 is 1.93 bits per heavy atom. The number of hydrogen-bond donors (Lipinski definition) is 1. The molecule has 4 saturated carbocycles. The van der Waals surface area contributed by atoms with Gasteiger partial charge in [-0.3, -0.25) is 8.98 Å². The third-order valence-corrected chi connectivity index (χ3v) is 4.68. The largest absolute Gasteiger partial charge is 0.299 e. The summed E-state index contributed by atoms with van der Waals surface area (Å²) in [5.74, 6) is 1.27. The van der Waals surface area contributed by atoms with Gasteiger partial charge in [0.25, 0.3) is 11.0 Å². The first-order valence-electron chi connectivity index (χ1n) is 5.50. The third kappa shape index (κ3) is 1.44. The summed E-state index contributed by atoms with van der Waals surface area (Å²) >= 11 is 0. The average molecular weight is 230 g/mol. The van der Waals surface area contributed by atoms with Gasteiger partial charge in [-0.05, 0) is 37.5 Å². The summed E-state index contributed by atoms with van der Waals surface area (Å²) in [5.41, 5.74) is 0. The molecule has 0 spiro atoms. The molecule has 0 radical (unpaired) electrons. The molecule has 5 unspecified atom stereocenters. The van der Waals surface area contributed by atoms with E-state index in [9.17, 15) is 13.2 Å². The fourth-order valence-corrected chi connectivity index (χ4v) is 4.36. The molecule has 0 aromatic heterocycles. The van der Waals surface area contributed by atoms with Gasteiger partial charge in [-0.2, -0.15) is 0 Å². The van der Waals surface area contributed by atoms with Crippen LogP contribution < -0.4 is 0 Å². The summed E-state index contributed by atoms with van der Waals surface area (Å²) in [6.07, 6.45) is 3.43. The number of carbonyl (C=O) groups is 1. The van der Waals surface area contributed by atoms with E-state index in [0.29, 0.717) is 11.8 Å². The third-order valence-electron chi connectivity index (χ3n) is 4.27.